The summed E-state index contributed by atoms with van der Waals surface area (Å²) >= 11 is 5.75. The van der Waals surface area contributed by atoms with E-state index >= 15 is 0 Å². The molecule has 0 aromatic carbocycles. The van der Waals surface area contributed by atoms with E-state index in [-0.39, 0.29) is 18.7 Å². The number of hydrogen-bond acceptors (Lipinski definition) is 4. The topological polar surface area (TPSA) is 101 Å². The lowest BCUT2D eigenvalue weighted by Crippen LogP contribution is -2.68. The molecule has 184 valence electrons. The number of aromatic nitrogens is 2. The van der Waals surface area contributed by atoms with Gasteiger partial charge in [0.25, 0.3) is 0 Å². The van der Waals surface area contributed by atoms with Crippen LogP contribution in [-0.2, 0) is 17.1 Å². The molecule has 1 fully saturated rings. The molecule has 0 radical (unpaired) electrons. The number of alkyl halides is 6. The Morgan fingerprint density at radius 2 is 1.82 bits per heavy atom. The molecule has 3 rings (SSSR count). The molecule has 0 saturated carbocycles. The number of rotatable bonds is 3. The van der Waals surface area contributed by atoms with Crippen molar-refractivity contribution in [1.82, 2.24) is 20.2 Å². The summed E-state index contributed by atoms with van der Waals surface area (Å²) in [5, 5.41) is 1.52. The number of hydrogen-bond donors (Lipinski definition) is 2. The largest absolute Gasteiger partial charge is 0.436 e. The number of pyridine rings is 2. The molecule has 2 aromatic heterocycles. The van der Waals surface area contributed by atoms with Gasteiger partial charge in [0.15, 0.2) is 17.2 Å². The van der Waals surface area contributed by atoms with Crippen LogP contribution < -0.4 is 11.1 Å². The maximum atomic E-state index is 13.9. The molecule has 1 unspecified atom stereocenters. The van der Waals surface area contributed by atoms with Crippen LogP contribution in [0.2, 0.25) is 5.02 Å². The molecule has 34 heavy (non-hydrogen) atoms. The van der Waals surface area contributed by atoms with Crippen LogP contribution in [0.25, 0.3) is 0 Å². The van der Waals surface area contributed by atoms with E-state index in [0.29, 0.717) is 12.3 Å². The molecule has 7 nitrogen and oxygen atoms in total. The van der Waals surface area contributed by atoms with E-state index in [0.717, 1.165) is 24.0 Å². The molecule has 3 amide bonds. The van der Waals surface area contributed by atoms with E-state index in [4.69, 9.17) is 17.3 Å². The van der Waals surface area contributed by atoms with Crippen molar-refractivity contribution in [2.75, 3.05) is 13.1 Å². The minimum atomic E-state index is -5.24. The molecule has 1 saturated heterocycles. The number of carbonyl (C=O) groups is 2. The molecule has 15 heteroatoms. The van der Waals surface area contributed by atoms with Crippen molar-refractivity contribution in [3.05, 3.63) is 57.9 Å². The van der Waals surface area contributed by atoms with Crippen molar-refractivity contribution >= 4 is 23.5 Å². The first-order valence-electron chi connectivity index (χ1n) is 9.40. The van der Waals surface area contributed by atoms with E-state index in [1.807, 2.05) is 0 Å². The molecular formula is C19H15ClF7N5O2. The first-order chi connectivity index (χ1) is 15.6. The molecule has 3 N–H and O–H groups in total. The Morgan fingerprint density at radius 3 is 2.35 bits per heavy atom. The van der Waals surface area contributed by atoms with E-state index in [1.165, 1.54) is 0 Å². The van der Waals surface area contributed by atoms with Crippen LogP contribution in [0.15, 0.2) is 24.4 Å². The van der Waals surface area contributed by atoms with Gasteiger partial charge in [0, 0.05) is 19.3 Å². The van der Waals surface area contributed by atoms with Gasteiger partial charge in [0.2, 0.25) is 5.91 Å². The number of urea groups is 1. The van der Waals surface area contributed by atoms with Gasteiger partial charge in [-0.25, -0.2) is 14.2 Å². The Bertz CT molecular complexity index is 1140. The number of nitrogens with two attached hydrogens (primary N) is 1. The lowest BCUT2D eigenvalue weighted by atomic mass is 9.75. The van der Waals surface area contributed by atoms with Crippen molar-refractivity contribution in [2.45, 2.75) is 30.7 Å². The first-order valence-corrected chi connectivity index (χ1v) is 9.78. The van der Waals surface area contributed by atoms with Crippen LogP contribution in [-0.4, -0.2) is 45.4 Å². The number of piperazine rings is 1. The van der Waals surface area contributed by atoms with Crippen LogP contribution in [0.1, 0.15) is 35.5 Å². The highest BCUT2D eigenvalue weighted by atomic mass is 35.5. The second kappa shape index (κ2) is 8.56. The SMILES string of the molecule is CC1([C@@H](c2cnc(C(F)(F)F)c(Cl)c2)c2ccc(F)c(C(F)(F)F)n2)C(=O)NCCN1C(N)=O. The highest BCUT2D eigenvalue weighted by Crippen LogP contribution is 2.43. The Kier molecular flexibility index (Phi) is 6.41. The monoisotopic (exact) mass is 513 g/mol. The van der Waals surface area contributed by atoms with E-state index in [2.05, 4.69) is 15.3 Å². The normalized spacial score (nSPS) is 20.1. The molecule has 1 aliphatic rings. The van der Waals surface area contributed by atoms with Gasteiger partial charge in [-0.2, -0.15) is 26.3 Å². The van der Waals surface area contributed by atoms with Gasteiger partial charge in [-0.05, 0) is 30.7 Å². The van der Waals surface area contributed by atoms with Gasteiger partial charge in [-0.3, -0.25) is 9.78 Å². The van der Waals surface area contributed by atoms with E-state index < -0.39 is 63.7 Å². The average Bonchev–Trinajstić information content (AvgIpc) is 2.69. The number of primary amides is 1. The van der Waals surface area contributed by atoms with Crippen molar-refractivity contribution in [3.8, 4) is 0 Å². The molecule has 0 bridgehead atoms. The Hall–Kier alpha value is -3.16. The molecule has 3 heterocycles. The summed E-state index contributed by atoms with van der Waals surface area (Å²) in [6.07, 6.45) is -9.54. The number of carbonyl (C=O) groups excluding carboxylic acids is 2. The zero-order chi connectivity index (χ0) is 25.6. The second-order valence-electron chi connectivity index (χ2n) is 7.49. The van der Waals surface area contributed by atoms with Crippen molar-refractivity contribution < 1.29 is 40.3 Å². The Balaban J connectivity index is 2.33. The zero-order valence-corrected chi connectivity index (χ0v) is 17.8. The molecule has 1 aliphatic heterocycles. The molecule has 0 aliphatic carbocycles. The average molecular weight is 514 g/mol. The summed E-state index contributed by atoms with van der Waals surface area (Å²) in [6.45, 7) is 0.907. The third-order valence-corrected chi connectivity index (χ3v) is 5.65. The third kappa shape index (κ3) is 4.45. The molecule has 0 spiro atoms. The zero-order valence-electron chi connectivity index (χ0n) is 17.1. The van der Waals surface area contributed by atoms with Gasteiger partial charge < -0.3 is 16.0 Å². The standard InChI is InChI=1S/C19H15ClF7N5O2/c1-17(15(33)29-4-5-32(17)16(28)34)12(8-6-9(20)13(30-7-8)18(22,23)24)11-3-2-10(21)14(31-11)19(25,26)27/h2-3,6-7,12H,4-5H2,1H3,(H2,28,34)(H,29,33)/t12-,17?/m0/s1. The van der Waals surface area contributed by atoms with Crippen molar-refractivity contribution in [3.63, 3.8) is 0 Å². The number of nitrogens with zero attached hydrogens (tertiary/aromatic N) is 3. The van der Waals surface area contributed by atoms with E-state index in [9.17, 15) is 40.3 Å². The fourth-order valence-electron chi connectivity index (χ4n) is 3.86. The maximum Gasteiger partial charge on any atom is 0.436 e. The van der Waals surface area contributed by atoms with Crippen LogP contribution >= 0.6 is 11.6 Å². The van der Waals surface area contributed by atoms with Crippen LogP contribution in [0, 0.1) is 5.82 Å². The first kappa shape index (κ1) is 25.5. The molecular weight excluding hydrogens is 499 g/mol. The maximum absolute atomic E-state index is 13.9. The van der Waals surface area contributed by atoms with Crippen LogP contribution in [0.4, 0.5) is 35.5 Å². The quantitative estimate of drug-likeness (QED) is 0.611. The second-order valence-corrected chi connectivity index (χ2v) is 7.89. The lowest BCUT2D eigenvalue weighted by molar-refractivity contribution is -0.144. The Morgan fingerprint density at radius 1 is 1.21 bits per heavy atom. The van der Waals surface area contributed by atoms with E-state index in [1.54, 1.807) is 0 Å². The Labute approximate surface area is 192 Å². The summed E-state index contributed by atoms with van der Waals surface area (Å²) in [5.74, 6) is -4.28. The summed E-state index contributed by atoms with van der Waals surface area (Å²) < 4.78 is 93.3. The van der Waals surface area contributed by atoms with Crippen molar-refractivity contribution in [2.24, 2.45) is 5.73 Å². The number of nitrogens with one attached hydrogen (secondary N) is 1. The summed E-state index contributed by atoms with van der Waals surface area (Å²) in [7, 11) is 0. The summed E-state index contributed by atoms with van der Waals surface area (Å²) in [4.78, 5) is 32.5. The van der Waals surface area contributed by atoms with Gasteiger partial charge in [0.05, 0.1) is 16.6 Å². The van der Waals surface area contributed by atoms with Gasteiger partial charge >= 0.3 is 18.4 Å². The minimum Gasteiger partial charge on any atom is -0.352 e. The van der Waals surface area contributed by atoms with Gasteiger partial charge in [0.1, 0.15) is 5.54 Å². The van der Waals surface area contributed by atoms with Crippen molar-refractivity contribution in [1.29, 1.82) is 0 Å². The minimum absolute atomic E-state index is 0.0548. The van der Waals surface area contributed by atoms with Crippen LogP contribution in [0.3, 0.4) is 0 Å². The third-order valence-electron chi connectivity index (χ3n) is 5.37. The van der Waals surface area contributed by atoms with Gasteiger partial charge in [-0.15, -0.1) is 0 Å². The highest BCUT2D eigenvalue weighted by Gasteiger charge is 2.53. The van der Waals surface area contributed by atoms with Gasteiger partial charge in [-0.1, -0.05) is 11.6 Å². The molecule has 2 aromatic rings. The summed E-state index contributed by atoms with van der Waals surface area (Å²) in [5.41, 5.74) is -0.993. The lowest BCUT2D eigenvalue weighted by Gasteiger charge is -2.47. The smallest absolute Gasteiger partial charge is 0.352 e. The highest BCUT2D eigenvalue weighted by molar-refractivity contribution is 6.31. The fourth-order valence-corrected chi connectivity index (χ4v) is 4.14. The predicted octanol–water partition coefficient (Wildman–Crippen LogP) is 3.71. The predicted molar refractivity (Wildman–Crippen MR) is 103 cm³/mol. The summed E-state index contributed by atoms with van der Waals surface area (Å²) in [6, 6.07) is 0.863. The molecule has 2 atom stereocenters. The number of halogens is 8. The number of amides is 3. The van der Waals surface area contributed by atoms with Crippen LogP contribution in [0.5, 0.6) is 0 Å². The fraction of sp³-hybridized carbons (Fsp3) is 0.368.